The number of carbonyl (C=O) groups is 1. The van der Waals surface area contributed by atoms with Gasteiger partial charge in [-0.25, -0.2) is 4.39 Å². The fraction of sp³-hybridized carbons (Fsp3) is 0.200. The molecule has 1 N–H and O–H groups in total. The lowest BCUT2D eigenvalue weighted by atomic mass is 10.2. The zero-order valence-corrected chi connectivity index (χ0v) is 17.2. The number of likely N-dealkylation sites (tertiary alicyclic amines) is 1. The van der Waals surface area contributed by atoms with Gasteiger partial charge < -0.3 is 10.2 Å². The fourth-order valence-corrected chi connectivity index (χ4v) is 5.21. The molecule has 6 nitrogen and oxygen atoms in total. The molecule has 0 bridgehead atoms. The summed E-state index contributed by atoms with van der Waals surface area (Å²) in [6.07, 6.45) is 1.52. The van der Waals surface area contributed by atoms with Crippen LogP contribution >= 0.6 is 11.3 Å². The molecule has 1 aliphatic heterocycles. The number of carbonyl (C=O) groups excluding carboxylic acids is 1. The van der Waals surface area contributed by atoms with Crippen molar-refractivity contribution in [2.75, 3.05) is 18.9 Å². The molecular formula is C20H18FN3O3S2. The molecule has 0 spiro atoms. The van der Waals surface area contributed by atoms with Crippen molar-refractivity contribution in [3.05, 3.63) is 59.2 Å². The smallest absolute Gasteiger partial charge is 0.283 e. The summed E-state index contributed by atoms with van der Waals surface area (Å²) in [6, 6.07) is 12.1. The van der Waals surface area contributed by atoms with E-state index in [1.807, 2.05) is 11.9 Å². The predicted molar refractivity (Wildman–Crippen MR) is 113 cm³/mol. The minimum atomic E-state index is -3.80. The van der Waals surface area contributed by atoms with Crippen molar-refractivity contribution in [1.29, 1.82) is 0 Å². The number of fused-ring (bicyclic) bond motifs is 1. The summed E-state index contributed by atoms with van der Waals surface area (Å²) in [5, 5.41) is 3.11. The highest BCUT2D eigenvalue weighted by molar-refractivity contribution is 7.90. The first-order valence-corrected chi connectivity index (χ1v) is 11.2. The molecule has 1 fully saturated rings. The maximum Gasteiger partial charge on any atom is 0.283 e. The molecule has 1 aliphatic rings. The molecule has 2 heterocycles. The molecule has 29 heavy (non-hydrogen) atoms. The van der Waals surface area contributed by atoms with Gasteiger partial charge in [0.25, 0.3) is 15.9 Å². The first kappa shape index (κ1) is 19.5. The molecule has 2 aromatic carbocycles. The lowest BCUT2D eigenvalue weighted by Gasteiger charge is -2.11. The Morgan fingerprint density at radius 3 is 2.62 bits per heavy atom. The molecule has 0 unspecified atom stereocenters. The number of hydrogen-bond acceptors (Lipinski definition) is 4. The molecule has 4 rings (SSSR count). The summed E-state index contributed by atoms with van der Waals surface area (Å²) in [5.74, 6) is -0.199. The molecule has 1 aromatic heterocycles. The standard InChI is InChI=1S/C20H18FN3O3S2/c1-24-11-3-6-19(24)23-29(26,27)14-9-7-13(8-10-14)22-20(25)18-12-15-16(21)4-2-5-17(15)28-18/h2,4-5,7-10,12H,3,6,11H2,1H3,(H,22,25)/b23-19-. The molecule has 150 valence electrons. The number of benzene rings is 2. The molecule has 1 amide bonds. The van der Waals surface area contributed by atoms with Gasteiger partial charge in [0.15, 0.2) is 0 Å². The maximum absolute atomic E-state index is 13.8. The summed E-state index contributed by atoms with van der Waals surface area (Å²) in [4.78, 5) is 14.7. The molecule has 0 saturated carbocycles. The van der Waals surface area contributed by atoms with E-state index in [0.29, 0.717) is 32.9 Å². The van der Waals surface area contributed by atoms with Gasteiger partial charge in [0.05, 0.1) is 9.77 Å². The van der Waals surface area contributed by atoms with Crippen LogP contribution in [0.3, 0.4) is 0 Å². The van der Waals surface area contributed by atoms with Crippen molar-refractivity contribution >= 4 is 48.9 Å². The highest BCUT2D eigenvalue weighted by Crippen LogP contribution is 2.28. The van der Waals surface area contributed by atoms with Crippen molar-refractivity contribution in [1.82, 2.24) is 4.90 Å². The Balaban J connectivity index is 1.51. The van der Waals surface area contributed by atoms with E-state index in [4.69, 9.17) is 0 Å². The molecule has 0 aliphatic carbocycles. The summed E-state index contributed by atoms with van der Waals surface area (Å²) in [5.41, 5.74) is 0.442. The van der Waals surface area contributed by atoms with Crippen LogP contribution < -0.4 is 5.32 Å². The number of halogens is 1. The van der Waals surface area contributed by atoms with Gasteiger partial charge in [0.1, 0.15) is 11.7 Å². The Bertz CT molecular complexity index is 1220. The van der Waals surface area contributed by atoms with Crippen LogP contribution in [0.1, 0.15) is 22.5 Å². The first-order chi connectivity index (χ1) is 13.8. The summed E-state index contributed by atoms with van der Waals surface area (Å²) in [7, 11) is -1.98. The number of sulfonamides is 1. The average Bonchev–Trinajstić information content (AvgIpc) is 3.29. The Hall–Kier alpha value is -2.78. The van der Waals surface area contributed by atoms with Crippen LogP contribution in [-0.4, -0.2) is 38.7 Å². The Morgan fingerprint density at radius 1 is 1.21 bits per heavy atom. The van der Waals surface area contributed by atoms with Crippen molar-refractivity contribution in [2.45, 2.75) is 17.7 Å². The summed E-state index contributed by atoms with van der Waals surface area (Å²) < 4.78 is 43.4. The van der Waals surface area contributed by atoms with Crippen LogP contribution in [0, 0.1) is 5.82 Å². The van der Waals surface area contributed by atoms with E-state index in [1.165, 1.54) is 47.7 Å². The molecule has 0 atom stereocenters. The van der Waals surface area contributed by atoms with Gasteiger partial charge in [-0.2, -0.15) is 8.42 Å². The normalized spacial score (nSPS) is 15.9. The average molecular weight is 432 g/mol. The van der Waals surface area contributed by atoms with Crippen molar-refractivity contribution < 1.29 is 17.6 Å². The van der Waals surface area contributed by atoms with E-state index in [9.17, 15) is 17.6 Å². The number of thiophene rings is 1. The van der Waals surface area contributed by atoms with Gasteiger partial charge >= 0.3 is 0 Å². The lowest BCUT2D eigenvalue weighted by molar-refractivity contribution is 0.103. The third kappa shape index (κ3) is 4.01. The third-order valence-electron chi connectivity index (χ3n) is 4.70. The van der Waals surface area contributed by atoms with Gasteiger partial charge in [-0.1, -0.05) is 6.07 Å². The van der Waals surface area contributed by atoms with E-state index >= 15 is 0 Å². The number of amidine groups is 1. The number of nitrogens with one attached hydrogen (secondary N) is 1. The second-order valence-electron chi connectivity index (χ2n) is 6.75. The molecule has 9 heteroatoms. The maximum atomic E-state index is 13.8. The number of anilines is 1. The second-order valence-corrected chi connectivity index (χ2v) is 9.44. The van der Waals surface area contributed by atoms with E-state index < -0.39 is 10.0 Å². The highest BCUT2D eigenvalue weighted by Gasteiger charge is 2.20. The van der Waals surface area contributed by atoms with Crippen LogP contribution in [-0.2, 0) is 10.0 Å². The highest BCUT2D eigenvalue weighted by atomic mass is 32.2. The van der Waals surface area contributed by atoms with Crippen LogP contribution in [0.5, 0.6) is 0 Å². The van der Waals surface area contributed by atoms with Crippen LogP contribution in [0.4, 0.5) is 10.1 Å². The topological polar surface area (TPSA) is 78.8 Å². The van der Waals surface area contributed by atoms with Gasteiger partial charge in [-0.15, -0.1) is 15.7 Å². The lowest BCUT2D eigenvalue weighted by Crippen LogP contribution is -2.20. The fourth-order valence-electron chi connectivity index (χ4n) is 3.14. The van der Waals surface area contributed by atoms with Crippen molar-refractivity contribution in [2.24, 2.45) is 4.40 Å². The Kier molecular flexibility index (Phi) is 5.10. The molecule has 3 aromatic rings. The van der Waals surface area contributed by atoms with Crippen molar-refractivity contribution in [3.63, 3.8) is 0 Å². The Labute approximate surface area is 171 Å². The van der Waals surface area contributed by atoms with E-state index in [-0.39, 0.29) is 16.6 Å². The van der Waals surface area contributed by atoms with Crippen molar-refractivity contribution in [3.8, 4) is 0 Å². The third-order valence-corrected chi connectivity index (χ3v) is 7.12. The summed E-state index contributed by atoms with van der Waals surface area (Å²) in [6.45, 7) is 0.793. The predicted octanol–water partition coefficient (Wildman–Crippen LogP) is 4.11. The molecule has 1 saturated heterocycles. The van der Waals surface area contributed by atoms with Crippen LogP contribution in [0.2, 0.25) is 0 Å². The minimum Gasteiger partial charge on any atom is -0.362 e. The van der Waals surface area contributed by atoms with Gasteiger partial charge in [-0.3, -0.25) is 4.79 Å². The zero-order chi connectivity index (χ0) is 20.6. The second kappa shape index (κ2) is 7.57. The Morgan fingerprint density at radius 2 is 1.97 bits per heavy atom. The zero-order valence-electron chi connectivity index (χ0n) is 15.6. The van der Waals surface area contributed by atoms with Gasteiger partial charge in [-0.05, 0) is 48.9 Å². The molecule has 0 radical (unpaired) electrons. The van der Waals surface area contributed by atoms with Crippen LogP contribution in [0.15, 0.2) is 57.8 Å². The first-order valence-electron chi connectivity index (χ1n) is 8.98. The van der Waals surface area contributed by atoms with E-state index in [2.05, 4.69) is 9.71 Å². The quantitative estimate of drug-likeness (QED) is 0.674. The van der Waals surface area contributed by atoms with Gasteiger partial charge in [0.2, 0.25) is 0 Å². The minimum absolute atomic E-state index is 0.0623. The monoisotopic (exact) mass is 431 g/mol. The number of amides is 1. The van der Waals surface area contributed by atoms with E-state index in [0.717, 1.165) is 13.0 Å². The SMILES string of the molecule is CN1CCC/C1=N/S(=O)(=O)c1ccc(NC(=O)c2cc3c(F)cccc3s2)cc1. The van der Waals surface area contributed by atoms with E-state index in [1.54, 1.807) is 12.1 Å². The summed E-state index contributed by atoms with van der Waals surface area (Å²) >= 11 is 1.19. The largest absolute Gasteiger partial charge is 0.362 e. The number of hydrogen-bond donors (Lipinski definition) is 1. The van der Waals surface area contributed by atoms with Crippen LogP contribution in [0.25, 0.3) is 10.1 Å². The number of nitrogens with zero attached hydrogens (tertiary/aromatic N) is 2. The number of rotatable bonds is 4. The van der Waals surface area contributed by atoms with Gasteiger partial charge in [0, 0.05) is 35.8 Å². The molecular weight excluding hydrogens is 413 g/mol.